The summed E-state index contributed by atoms with van der Waals surface area (Å²) in [7, 11) is 0. The van der Waals surface area contributed by atoms with Crippen LogP contribution in [0.3, 0.4) is 0 Å². The number of thiol groups is 1. The van der Waals surface area contributed by atoms with Crippen LogP contribution in [0.5, 0.6) is 0 Å². The van der Waals surface area contributed by atoms with Gasteiger partial charge in [-0.3, -0.25) is 0 Å². The van der Waals surface area contributed by atoms with E-state index in [4.69, 9.17) is 0 Å². The molecule has 0 bridgehead atoms. The van der Waals surface area contributed by atoms with Crippen LogP contribution in [-0.2, 0) is 4.74 Å². The summed E-state index contributed by atoms with van der Waals surface area (Å²) in [5.74, 6) is 0. The Labute approximate surface area is 97.7 Å². The highest BCUT2D eigenvalue weighted by atomic mass is 32.2. The van der Waals surface area contributed by atoms with E-state index in [1.165, 1.54) is 17.8 Å². The summed E-state index contributed by atoms with van der Waals surface area (Å²) in [6.07, 6.45) is 6.74. The smallest absolute Gasteiger partial charge is 0.307 e. The van der Waals surface area contributed by atoms with E-state index >= 15 is 0 Å². The van der Waals surface area contributed by atoms with E-state index < -0.39 is 12.2 Å². The molecule has 0 aromatic carbocycles. The van der Waals surface area contributed by atoms with Crippen LogP contribution < -0.4 is 0 Å². The molecule has 0 saturated carbocycles. The summed E-state index contributed by atoms with van der Waals surface area (Å²) in [6, 6.07) is 0. The molecular weight excluding hydrogens is 238 g/mol. The Morgan fingerprint density at radius 1 is 1.60 bits per heavy atom. The Bertz CT molecular complexity index is 321. The number of alkyl halides is 2. The molecule has 2 atom stereocenters. The maximum absolute atomic E-state index is 12.1. The van der Waals surface area contributed by atoms with Gasteiger partial charge in [-0.25, -0.2) is 0 Å². The number of rotatable bonds is 4. The molecule has 0 amide bonds. The summed E-state index contributed by atoms with van der Waals surface area (Å²) in [5.41, 5.74) is 2.55. The molecule has 1 aliphatic carbocycles. The van der Waals surface area contributed by atoms with Crippen molar-refractivity contribution in [3.63, 3.8) is 0 Å². The third-order valence-corrected chi connectivity index (χ3v) is 3.57. The fourth-order valence-electron chi connectivity index (χ4n) is 1.26. The summed E-state index contributed by atoms with van der Waals surface area (Å²) in [4.78, 5) is 0. The van der Waals surface area contributed by atoms with E-state index in [1.807, 2.05) is 6.26 Å². The van der Waals surface area contributed by atoms with Gasteiger partial charge in [0.25, 0.3) is 0 Å². The predicted octanol–water partition coefficient (Wildman–Crippen LogP) is 3.25. The predicted molar refractivity (Wildman–Crippen MR) is 62.5 cm³/mol. The molecule has 1 nitrogen and oxygen atoms in total. The first-order valence-electron chi connectivity index (χ1n) is 4.30. The van der Waals surface area contributed by atoms with E-state index in [1.54, 1.807) is 19.1 Å². The van der Waals surface area contributed by atoms with Gasteiger partial charge in [0.05, 0.1) is 4.58 Å². The van der Waals surface area contributed by atoms with Crippen molar-refractivity contribution >= 4 is 24.4 Å². The average Bonchev–Trinajstić information content (AvgIpc) is 2.14. The summed E-state index contributed by atoms with van der Waals surface area (Å²) < 4.78 is 28.7. The van der Waals surface area contributed by atoms with Crippen molar-refractivity contribution < 1.29 is 13.5 Å². The second kappa shape index (κ2) is 5.21. The first-order chi connectivity index (χ1) is 6.97. The molecule has 1 rings (SSSR count). The zero-order valence-corrected chi connectivity index (χ0v) is 10.1. The maximum Gasteiger partial charge on any atom is 0.346 e. The van der Waals surface area contributed by atoms with Crippen molar-refractivity contribution in [1.82, 2.24) is 0 Å². The van der Waals surface area contributed by atoms with Gasteiger partial charge < -0.3 is 4.74 Å². The molecule has 0 aromatic rings. The molecular formula is C10H12F2OS2. The van der Waals surface area contributed by atoms with E-state index in [2.05, 4.69) is 23.1 Å². The van der Waals surface area contributed by atoms with Gasteiger partial charge in [-0.05, 0) is 37.0 Å². The van der Waals surface area contributed by atoms with Crippen LogP contribution in [0.2, 0.25) is 0 Å². The number of hydrogen-bond donors (Lipinski definition) is 1. The molecule has 15 heavy (non-hydrogen) atoms. The summed E-state index contributed by atoms with van der Waals surface area (Å²) in [5, 5.41) is 0. The van der Waals surface area contributed by atoms with E-state index in [0.29, 0.717) is 0 Å². The summed E-state index contributed by atoms with van der Waals surface area (Å²) >= 11 is 5.83. The van der Waals surface area contributed by atoms with Crippen molar-refractivity contribution in [3.05, 3.63) is 29.5 Å². The van der Waals surface area contributed by atoms with Gasteiger partial charge >= 0.3 is 6.61 Å². The molecule has 0 aromatic heterocycles. The number of hydrogen-bond acceptors (Lipinski definition) is 3. The highest BCUT2D eigenvalue weighted by molar-refractivity contribution is 8.10. The molecule has 0 radical (unpaired) electrons. The molecule has 1 aliphatic rings. The molecule has 0 N–H and O–H groups in total. The molecule has 0 aliphatic heterocycles. The molecule has 5 heteroatoms. The quantitative estimate of drug-likeness (QED) is 0.466. The Morgan fingerprint density at radius 2 is 2.27 bits per heavy atom. The zero-order valence-electron chi connectivity index (χ0n) is 8.41. The molecule has 0 heterocycles. The highest BCUT2D eigenvalue weighted by Gasteiger charge is 2.26. The number of ether oxygens (including phenoxy) is 1. The minimum atomic E-state index is -2.80. The lowest BCUT2D eigenvalue weighted by Crippen LogP contribution is -2.28. The summed E-state index contributed by atoms with van der Waals surface area (Å²) in [6.45, 7) is -1.23. The second-order valence-corrected chi connectivity index (χ2v) is 5.06. The lowest BCUT2D eigenvalue weighted by molar-refractivity contribution is -0.170. The van der Waals surface area contributed by atoms with Crippen molar-refractivity contribution in [2.24, 2.45) is 0 Å². The zero-order chi connectivity index (χ0) is 11.5. The van der Waals surface area contributed by atoms with Crippen LogP contribution in [0, 0.1) is 0 Å². The average molecular weight is 250 g/mol. The monoisotopic (exact) mass is 250 g/mol. The SMILES string of the molecule is CSC(S)C1=CC(C)(OC(F)F)C=C=C1. The van der Waals surface area contributed by atoms with Gasteiger partial charge in [-0.15, -0.1) is 17.5 Å². The lowest BCUT2D eigenvalue weighted by atomic mass is 9.99. The second-order valence-electron chi connectivity index (χ2n) is 3.25. The molecule has 0 fully saturated rings. The van der Waals surface area contributed by atoms with E-state index in [0.717, 1.165) is 5.57 Å². The van der Waals surface area contributed by atoms with Gasteiger partial charge in [0.15, 0.2) is 0 Å². The van der Waals surface area contributed by atoms with Gasteiger partial charge in [-0.2, -0.15) is 21.4 Å². The largest absolute Gasteiger partial charge is 0.346 e. The standard InChI is InChI=1S/C10H12F2OS2/c1-10(13-9(11)12)5-3-4-7(6-10)8(14)15-2/h4-6,8-9,14H,1-2H3. The molecule has 2 unspecified atom stereocenters. The minimum Gasteiger partial charge on any atom is -0.307 e. The normalized spacial score (nSPS) is 26.9. The van der Waals surface area contributed by atoms with Gasteiger partial charge in [0, 0.05) is 0 Å². The molecule has 0 saturated heterocycles. The Morgan fingerprint density at radius 3 is 2.80 bits per heavy atom. The third-order valence-electron chi connectivity index (χ3n) is 1.92. The molecule has 0 spiro atoms. The fraction of sp³-hybridized carbons (Fsp3) is 0.500. The Hall–Kier alpha value is -0.220. The van der Waals surface area contributed by atoms with Crippen molar-refractivity contribution in [2.45, 2.75) is 23.7 Å². The number of halogens is 2. The first-order valence-corrected chi connectivity index (χ1v) is 6.10. The van der Waals surface area contributed by atoms with E-state index in [-0.39, 0.29) is 4.58 Å². The number of thioether (sulfide) groups is 1. The van der Waals surface area contributed by atoms with Gasteiger partial charge in [0.2, 0.25) is 0 Å². The lowest BCUT2D eigenvalue weighted by Gasteiger charge is -2.25. The van der Waals surface area contributed by atoms with Gasteiger partial charge in [0.1, 0.15) is 5.60 Å². The van der Waals surface area contributed by atoms with E-state index in [9.17, 15) is 8.78 Å². The maximum atomic E-state index is 12.1. The van der Waals surface area contributed by atoms with Crippen molar-refractivity contribution in [1.29, 1.82) is 0 Å². The minimum absolute atomic E-state index is 0.0493. The van der Waals surface area contributed by atoms with Crippen LogP contribution >= 0.6 is 24.4 Å². The van der Waals surface area contributed by atoms with Crippen LogP contribution in [0.15, 0.2) is 29.5 Å². The van der Waals surface area contributed by atoms with Crippen LogP contribution in [-0.4, -0.2) is 23.1 Å². The van der Waals surface area contributed by atoms with Gasteiger partial charge in [-0.1, -0.05) is 0 Å². The van der Waals surface area contributed by atoms with Crippen LogP contribution in [0.4, 0.5) is 8.78 Å². The van der Waals surface area contributed by atoms with Crippen molar-refractivity contribution in [3.8, 4) is 0 Å². The van der Waals surface area contributed by atoms with Crippen molar-refractivity contribution in [2.75, 3.05) is 6.26 Å². The fourth-order valence-corrected chi connectivity index (χ4v) is 1.81. The first kappa shape index (κ1) is 12.8. The van der Waals surface area contributed by atoms with Crippen LogP contribution in [0.1, 0.15) is 6.92 Å². The third kappa shape index (κ3) is 3.68. The molecule has 84 valence electrons. The Kier molecular flexibility index (Phi) is 4.46. The Balaban J connectivity index is 2.87. The highest BCUT2D eigenvalue weighted by Crippen LogP contribution is 2.29. The topological polar surface area (TPSA) is 9.23 Å². The van der Waals surface area contributed by atoms with Crippen LogP contribution in [0.25, 0.3) is 0 Å².